The second kappa shape index (κ2) is 5.58. The first kappa shape index (κ1) is 12.5. The van der Waals surface area contributed by atoms with Crippen molar-refractivity contribution in [3.05, 3.63) is 36.7 Å². The summed E-state index contributed by atoms with van der Waals surface area (Å²) in [7, 11) is 4.08. The van der Waals surface area contributed by atoms with Gasteiger partial charge in [0.05, 0.1) is 0 Å². The first-order chi connectivity index (χ1) is 8.70. The van der Waals surface area contributed by atoms with E-state index in [-0.39, 0.29) is 0 Å². The van der Waals surface area contributed by atoms with Gasteiger partial charge >= 0.3 is 0 Å². The summed E-state index contributed by atoms with van der Waals surface area (Å²) in [6.07, 6.45) is 4.93. The van der Waals surface area contributed by atoms with Gasteiger partial charge in [-0.15, -0.1) is 0 Å². The first-order valence-corrected chi connectivity index (χ1v) is 6.26. The standard InChI is InChI=1S/C14H20N4/c1-4-10-18-11-9-15-14(18)16-12-5-7-13(8-6-12)17(2)3/h5-9,11H,4,10H2,1-3H3,(H,15,16). The summed E-state index contributed by atoms with van der Waals surface area (Å²) in [4.78, 5) is 6.41. The molecular weight excluding hydrogens is 224 g/mol. The maximum atomic E-state index is 4.33. The van der Waals surface area contributed by atoms with E-state index in [1.165, 1.54) is 5.69 Å². The van der Waals surface area contributed by atoms with E-state index in [0.717, 1.165) is 24.6 Å². The molecule has 1 N–H and O–H groups in total. The number of hydrogen-bond donors (Lipinski definition) is 1. The molecule has 0 unspecified atom stereocenters. The summed E-state index contributed by atoms with van der Waals surface area (Å²) in [6.45, 7) is 3.15. The van der Waals surface area contributed by atoms with Gasteiger partial charge in [-0.05, 0) is 30.7 Å². The van der Waals surface area contributed by atoms with Crippen LogP contribution in [0.4, 0.5) is 17.3 Å². The normalized spacial score (nSPS) is 10.4. The average Bonchev–Trinajstić information content (AvgIpc) is 2.78. The van der Waals surface area contributed by atoms with Gasteiger partial charge in [0.1, 0.15) is 0 Å². The molecule has 2 rings (SSSR count). The Kier molecular flexibility index (Phi) is 3.87. The van der Waals surface area contributed by atoms with Crippen LogP contribution < -0.4 is 10.2 Å². The quantitative estimate of drug-likeness (QED) is 0.877. The third-order valence-corrected chi connectivity index (χ3v) is 2.82. The molecule has 0 spiro atoms. The minimum Gasteiger partial charge on any atom is -0.378 e. The lowest BCUT2D eigenvalue weighted by atomic mass is 10.2. The van der Waals surface area contributed by atoms with Gasteiger partial charge in [0.25, 0.3) is 0 Å². The molecule has 0 fully saturated rings. The Morgan fingerprint density at radius 3 is 2.56 bits per heavy atom. The van der Waals surface area contributed by atoms with Crippen molar-refractivity contribution in [1.82, 2.24) is 9.55 Å². The van der Waals surface area contributed by atoms with Crippen molar-refractivity contribution in [3.8, 4) is 0 Å². The van der Waals surface area contributed by atoms with Crippen LogP contribution >= 0.6 is 0 Å². The zero-order valence-electron chi connectivity index (χ0n) is 11.2. The summed E-state index contributed by atoms with van der Waals surface area (Å²) < 4.78 is 2.12. The fraction of sp³-hybridized carbons (Fsp3) is 0.357. The number of hydrogen-bond acceptors (Lipinski definition) is 3. The number of anilines is 3. The van der Waals surface area contributed by atoms with Crippen molar-refractivity contribution < 1.29 is 0 Å². The Hall–Kier alpha value is -1.97. The molecule has 0 saturated carbocycles. The average molecular weight is 244 g/mol. The fourth-order valence-electron chi connectivity index (χ4n) is 1.83. The van der Waals surface area contributed by atoms with Gasteiger partial charge in [0.2, 0.25) is 5.95 Å². The highest BCUT2D eigenvalue weighted by Gasteiger charge is 2.02. The lowest BCUT2D eigenvalue weighted by molar-refractivity contribution is 0.686. The van der Waals surface area contributed by atoms with E-state index in [2.05, 4.69) is 51.0 Å². The molecule has 1 heterocycles. The predicted octanol–water partition coefficient (Wildman–Crippen LogP) is 3.10. The van der Waals surface area contributed by atoms with Crippen LogP contribution in [0, 0.1) is 0 Å². The number of aryl methyl sites for hydroxylation is 1. The van der Waals surface area contributed by atoms with Gasteiger partial charge in [-0.3, -0.25) is 0 Å². The second-order valence-electron chi connectivity index (χ2n) is 4.51. The number of nitrogens with one attached hydrogen (secondary N) is 1. The highest BCUT2D eigenvalue weighted by atomic mass is 15.2. The van der Waals surface area contributed by atoms with Crippen molar-refractivity contribution in [1.29, 1.82) is 0 Å². The monoisotopic (exact) mass is 244 g/mol. The van der Waals surface area contributed by atoms with Gasteiger partial charge in [0, 0.05) is 44.4 Å². The van der Waals surface area contributed by atoms with Crippen molar-refractivity contribution in [2.75, 3.05) is 24.3 Å². The minimum atomic E-state index is 0.898. The topological polar surface area (TPSA) is 33.1 Å². The molecule has 18 heavy (non-hydrogen) atoms. The largest absolute Gasteiger partial charge is 0.378 e. The maximum Gasteiger partial charge on any atom is 0.207 e. The molecule has 0 aliphatic rings. The van der Waals surface area contributed by atoms with Gasteiger partial charge < -0.3 is 14.8 Å². The molecule has 0 radical (unpaired) electrons. The molecule has 2 aromatic rings. The summed E-state index contributed by atoms with van der Waals surface area (Å²) in [5.41, 5.74) is 2.25. The van der Waals surface area contributed by atoms with Gasteiger partial charge in [-0.1, -0.05) is 6.92 Å². The number of nitrogens with zero attached hydrogens (tertiary/aromatic N) is 3. The maximum absolute atomic E-state index is 4.33. The molecule has 1 aromatic heterocycles. The molecule has 0 aliphatic heterocycles. The van der Waals surface area contributed by atoms with E-state index in [9.17, 15) is 0 Å². The molecule has 0 bridgehead atoms. The third kappa shape index (κ3) is 2.83. The number of imidazole rings is 1. The Bertz CT molecular complexity index is 485. The van der Waals surface area contributed by atoms with E-state index in [1.54, 1.807) is 0 Å². The van der Waals surface area contributed by atoms with E-state index < -0.39 is 0 Å². The van der Waals surface area contributed by atoms with Crippen LogP contribution in [0.15, 0.2) is 36.7 Å². The minimum absolute atomic E-state index is 0.898. The SMILES string of the molecule is CCCn1ccnc1Nc1ccc(N(C)C)cc1. The molecular formula is C14H20N4. The smallest absolute Gasteiger partial charge is 0.207 e. The van der Waals surface area contributed by atoms with Gasteiger partial charge in [-0.2, -0.15) is 0 Å². The van der Waals surface area contributed by atoms with Crippen LogP contribution in [0.2, 0.25) is 0 Å². The van der Waals surface area contributed by atoms with Crippen molar-refractivity contribution in [3.63, 3.8) is 0 Å². The summed E-state index contributed by atoms with van der Waals surface area (Å²) in [5.74, 6) is 0.898. The molecule has 4 heteroatoms. The molecule has 0 aliphatic carbocycles. The number of rotatable bonds is 5. The summed E-state index contributed by atoms with van der Waals surface area (Å²) in [6, 6.07) is 8.32. The summed E-state index contributed by atoms with van der Waals surface area (Å²) >= 11 is 0. The Labute approximate surface area is 108 Å². The third-order valence-electron chi connectivity index (χ3n) is 2.82. The van der Waals surface area contributed by atoms with Crippen LogP contribution in [-0.2, 0) is 6.54 Å². The Morgan fingerprint density at radius 2 is 1.94 bits per heavy atom. The molecule has 4 nitrogen and oxygen atoms in total. The van der Waals surface area contributed by atoms with E-state index in [1.807, 2.05) is 26.5 Å². The van der Waals surface area contributed by atoms with Crippen LogP contribution in [0.25, 0.3) is 0 Å². The van der Waals surface area contributed by atoms with Crippen LogP contribution in [-0.4, -0.2) is 23.6 Å². The Morgan fingerprint density at radius 1 is 1.22 bits per heavy atom. The first-order valence-electron chi connectivity index (χ1n) is 6.26. The molecule has 0 atom stereocenters. The van der Waals surface area contributed by atoms with Crippen LogP contribution in [0.3, 0.4) is 0 Å². The van der Waals surface area contributed by atoms with Gasteiger partial charge in [0.15, 0.2) is 0 Å². The van der Waals surface area contributed by atoms with Crippen molar-refractivity contribution in [2.45, 2.75) is 19.9 Å². The highest BCUT2D eigenvalue weighted by molar-refractivity contribution is 5.59. The van der Waals surface area contributed by atoms with Crippen molar-refractivity contribution >= 4 is 17.3 Å². The van der Waals surface area contributed by atoms with Crippen molar-refractivity contribution in [2.24, 2.45) is 0 Å². The number of benzene rings is 1. The highest BCUT2D eigenvalue weighted by Crippen LogP contribution is 2.19. The molecule has 0 saturated heterocycles. The fourth-order valence-corrected chi connectivity index (χ4v) is 1.83. The zero-order chi connectivity index (χ0) is 13.0. The summed E-state index contributed by atoms with van der Waals surface area (Å²) in [5, 5.41) is 3.34. The van der Waals surface area contributed by atoms with E-state index >= 15 is 0 Å². The van der Waals surface area contributed by atoms with E-state index in [4.69, 9.17) is 0 Å². The van der Waals surface area contributed by atoms with Crippen LogP contribution in [0.1, 0.15) is 13.3 Å². The lowest BCUT2D eigenvalue weighted by Crippen LogP contribution is -2.08. The molecule has 96 valence electrons. The molecule has 1 aromatic carbocycles. The number of aromatic nitrogens is 2. The molecule has 0 amide bonds. The second-order valence-corrected chi connectivity index (χ2v) is 4.51. The van der Waals surface area contributed by atoms with Gasteiger partial charge in [-0.25, -0.2) is 4.98 Å². The van der Waals surface area contributed by atoms with Crippen LogP contribution in [0.5, 0.6) is 0 Å². The predicted molar refractivity (Wildman–Crippen MR) is 76.6 cm³/mol. The zero-order valence-corrected chi connectivity index (χ0v) is 11.2. The lowest BCUT2D eigenvalue weighted by Gasteiger charge is -2.13. The Balaban J connectivity index is 2.11. The van der Waals surface area contributed by atoms with E-state index in [0.29, 0.717) is 0 Å².